The van der Waals surface area contributed by atoms with Gasteiger partial charge in [0.1, 0.15) is 0 Å². The number of aromatic nitrogens is 5. The number of anilines is 1. The Balaban J connectivity index is 1.59. The van der Waals surface area contributed by atoms with E-state index in [4.69, 9.17) is 0 Å². The molecule has 0 radical (unpaired) electrons. The van der Waals surface area contributed by atoms with Gasteiger partial charge in [-0.2, -0.15) is 18.3 Å². The quantitative estimate of drug-likeness (QED) is 0.551. The molecule has 0 spiro atoms. The summed E-state index contributed by atoms with van der Waals surface area (Å²) >= 11 is 3.33. The maximum Gasteiger partial charge on any atom is 0.433 e. The summed E-state index contributed by atoms with van der Waals surface area (Å²) in [5.74, 6) is -0.429. The Bertz CT molecular complexity index is 1230. The van der Waals surface area contributed by atoms with Crippen LogP contribution in [0.3, 0.4) is 0 Å². The molecule has 11 heteroatoms. The van der Waals surface area contributed by atoms with Crippen molar-refractivity contribution in [3.8, 4) is 17.1 Å². The number of carbonyl (C=O) groups is 1. The molecule has 0 aliphatic heterocycles. The topological polar surface area (TPSA) is 85.6 Å². The molecule has 3 heterocycles. The highest BCUT2D eigenvalue weighted by molar-refractivity contribution is 9.11. The first-order chi connectivity index (χ1) is 15.3. The molecule has 1 aliphatic rings. The molecule has 1 aliphatic carbocycles. The van der Waals surface area contributed by atoms with E-state index in [1.165, 1.54) is 24.5 Å². The van der Waals surface area contributed by atoms with Gasteiger partial charge in [-0.3, -0.25) is 9.78 Å². The number of nitrogens with zero attached hydrogens (tertiary/aromatic N) is 5. The number of nitrogens with one attached hydrogen (secondary N) is 1. The van der Waals surface area contributed by atoms with Crippen LogP contribution < -0.4 is 5.32 Å². The Morgan fingerprint density at radius 3 is 2.69 bits per heavy atom. The minimum atomic E-state index is -4.66. The van der Waals surface area contributed by atoms with E-state index in [2.05, 4.69) is 41.5 Å². The zero-order valence-electron chi connectivity index (χ0n) is 16.2. The van der Waals surface area contributed by atoms with Crippen LogP contribution in [0.1, 0.15) is 12.1 Å². The summed E-state index contributed by atoms with van der Waals surface area (Å²) in [7, 11) is 0. The molecule has 0 unspecified atom stereocenters. The summed E-state index contributed by atoms with van der Waals surface area (Å²) in [6.07, 6.45) is 5.75. The Morgan fingerprint density at radius 1 is 1.16 bits per heavy atom. The number of hydrogen-bond donors (Lipinski definition) is 1. The summed E-state index contributed by atoms with van der Waals surface area (Å²) in [6, 6.07) is 6.80. The van der Waals surface area contributed by atoms with Crippen molar-refractivity contribution in [1.29, 1.82) is 0 Å². The van der Waals surface area contributed by atoms with Crippen LogP contribution in [0.25, 0.3) is 17.1 Å². The number of amides is 1. The zero-order valence-corrected chi connectivity index (χ0v) is 17.8. The predicted octanol–water partition coefficient (Wildman–Crippen LogP) is 4.85. The van der Waals surface area contributed by atoms with Gasteiger partial charge in [-0.05, 0) is 42.8 Å². The van der Waals surface area contributed by atoms with E-state index >= 15 is 0 Å². The van der Waals surface area contributed by atoms with Crippen LogP contribution in [0.4, 0.5) is 19.0 Å². The molecule has 3 aromatic rings. The molecular weight excluding hydrogens is 489 g/mol. The fourth-order valence-corrected chi connectivity index (χ4v) is 3.20. The third-order valence-electron chi connectivity index (χ3n) is 4.42. The van der Waals surface area contributed by atoms with E-state index in [9.17, 15) is 18.0 Å². The minimum absolute atomic E-state index is 0.0946. The number of rotatable bonds is 4. The fraction of sp³-hybridized carbons (Fsp3) is 0.0952. The van der Waals surface area contributed by atoms with Gasteiger partial charge in [-0.1, -0.05) is 34.2 Å². The SMILES string of the molecule is O=C(Nc1ccc(-n2nc(-c3cccnc3)cc2C(F)(F)F)nn1)C1=CC=C(Br)C=CC1. The van der Waals surface area contributed by atoms with Gasteiger partial charge in [0, 0.05) is 28.0 Å². The molecule has 0 bridgehead atoms. The van der Waals surface area contributed by atoms with Crippen LogP contribution in [0.2, 0.25) is 0 Å². The fourth-order valence-electron chi connectivity index (χ4n) is 2.89. The van der Waals surface area contributed by atoms with Crippen molar-refractivity contribution >= 4 is 27.7 Å². The molecule has 1 N–H and O–H groups in total. The number of halogens is 4. The number of carbonyl (C=O) groups excluding carboxylic acids is 1. The first kappa shape index (κ1) is 21.6. The van der Waals surface area contributed by atoms with Gasteiger partial charge in [0.2, 0.25) is 0 Å². The van der Waals surface area contributed by atoms with Gasteiger partial charge in [0.05, 0.1) is 5.69 Å². The molecule has 0 atom stereocenters. The summed E-state index contributed by atoms with van der Waals surface area (Å²) in [5.41, 5.74) is 0.0153. The van der Waals surface area contributed by atoms with Gasteiger partial charge in [-0.25, -0.2) is 4.68 Å². The number of pyridine rings is 1. The minimum Gasteiger partial charge on any atom is -0.305 e. The molecule has 0 aromatic carbocycles. The largest absolute Gasteiger partial charge is 0.433 e. The van der Waals surface area contributed by atoms with Crippen molar-refractivity contribution < 1.29 is 18.0 Å². The zero-order chi connectivity index (χ0) is 22.7. The Morgan fingerprint density at radius 2 is 2.00 bits per heavy atom. The predicted molar refractivity (Wildman–Crippen MR) is 115 cm³/mol. The first-order valence-electron chi connectivity index (χ1n) is 9.27. The van der Waals surface area contributed by atoms with Crippen molar-refractivity contribution in [2.45, 2.75) is 12.6 Å². The second-order valence-electron chi connectivity index (χ2n) is 6.65. The highest BCUT2D eigenvalue weighted by Gasteiger charge is 2.37. The van der Waals surface area contributed by atoms with Crippen molar-refractivity contribution in [3.63, 3.8) is 0 Å². The van der Waals surface area contributed by atoms with Crippen LogP contribution in [-0.4, -0.2) is 30.9 Å². The van der Waals surface area contributed by atoms with Crippen LogP contribution >= 0.6 is 15.9 Å². The normalized spacial score (nSPS) is 13.9. The number of allylic oxidation sites excluding steroid dienone is 5. The van der Waals surface area contributed by atoms with Crippen molar-refractivity contribution in [2.75, 3.05) is 5.32 Å². The average Bonchev–Trinajstić information content (AvgIpc) is 3.12. The molecule has 4 rings (SSSR count). The smallest absolute Gasteiger partial charge is 0.305 e. The van der Waals surface area contributed by atoms with Crippen molar-refractivity contribution in [2.24, 2.45) is 0 Å². The van der Waals surface area contributed by atoms with Crippen LogP contribution in [0.5, 0.6) is 0 Å². The van der Waals surface area contributed by atoms with Crippen LogP contribution in [-0.2, 0) is 11.0 Å². The lowest BCUT2D eigenvalue weighted by molar-refractivity contribution is -0.142. The molecule has 0 saturated heterocycles. The van der Waals surface area contributed by atoms with Gasteiger partial charge in [0.25, 0.3) is 5.91 Å². The van der Waals surface area contributed by atoms with Gasteiger partial charge in [0.15, 0.2) is 17.3 Å². The maximum atomic E-state index is 13.6. The highest BCUT2D eigenvalue weighted by Crippen LogP contribution is 2.33. The van der Waals surface area contributed by atoms with E-state index in [0.717, 1.165) is 10.5 Å². The third kappa shape index (κ3) is 4.83. The second kappa shape index (κ2) is 8.87. The Kier molecular flexibility index (Phi) is 5.99. The molecule has 0 fully saturated rings. The van der Waals surface area contributed by atoms with Crippen molar-refractivity contribution in [3.05, 3.63) is 82.8 Å². The van der Waals surface area contributed by atoms with Gasteiger partial charge >= 0.3 is 6.18 Å². The van der Waals surface area contributed by atoms with Crippen LogP contribution in [0, 0.1) is 0 Å². The molecule has 162 valence electrons. The van der Waals surface area contributed by atoms with E-state index in [0.29, 0.717) is 22.2 Å². The monoisotopic (exact) mass is 502 g/mol. The Hall–Kier alpha value is -3.60. The molecule has 7 nitrogen and oxygen atoms in total. The first-order valence-corrected chi connectivity index (χ1v) is 10.1. The lowest BCUT2D eigenvalue weighted by atomic mass is 10.1. The van der Waals surface area contributed by atoms with E-state index in [1.807, 2.05) is 12.2 Å². The van der Waals surface area contributed by atoms with E-state index < -0.39 is 11.9 Å². The number of alkyl halides is 3. The lowest BCUT2D eigenvalue weighted by Gasteiger charge is -2.10. The Labute approximate surface area is 188 Å². The maximum absolute atomic E-state index is 13.6. The highest BCUT2D eigenvalue weighted by atomic mass is 79.9. The van der Waals surface area contributed by atoms with Crippen molar-refractivity contribution in [1.82, 2.24) is 25.0 Å². The standard InChI is InChI=1S/C21H14BrF3N6O/c22-15-5-1-3-13(6-7-15)20(32)27-18-8-9-19(29-28-18)31-17(21(23,24)25)11-16(30-31)14-4-2-10-26-12-14/h1-2,4-12H,3H2,(H,27,28,32). The average molecular weight is 503 g/mol. The molecule has 32 heavy (non-hydrogen) atoms. The van der Waals surface area contributed by atoms with Gasteiger partial charge in [-0.15, -0.1) is 10.2 Å². The van der Waals surface area contributed by atoms with Crippen LogP contribution in [0.15, 0.2) is 77.1 Å². The number of hydrogen-bond acceptors (Lipinski definition) is 5. The lowest BCUT2D eigenvalue weighted by Crippen LogP contribution is -2.17. The molecule has 1 amide bonds. The van der Waals surface area contributed by atoms with E-state index in [1.54, 1.807) is 24.3 Å². The summed E-state index contributed by atoms with van der Waals surface area (Å²) in [5, 5.41) is 14.3. The van der Waals surface area contributed by atoms with Gasteiger partial charge < -0.3 is 5.32 Å². The third-order valence-corrected chi connectivity index (χ3v) is 4.95. The van der Waals surface area contributed by atoms with E-state index in [-0.39, 0.29) is 23.2 Å². The molecule has 0 saturated carbocycles. The summed E-state index contributed by atoms with van der Waals surface area (Å²) in [6.45, 7) is 0. The molecule has 3 aromatic heterocycles. The second-order valence-corrected chi connectivity index (χ2v) is 7.56. The summed E-state index contributed by atoms with van der Waals surface area (Å²) in [4.78, 5) is 16.3. The summed E-state index contributed by atoms with van der Waals surface area (Å²) < 4.78 is 42.2. The molecular formula is C21H14BrF3N6O.